The Labute approximate surface area is 181 Å². The van der Waals surface area contributed by atoms with E-state index in [0.717, 1.165) is 11.8 Å². The molecule has 4 N–H and O–H groups in total. The van der Waals surface area contributed by atoms with Crippen LogP contribution in [0.1, 0.15) is 11.5 Å². The number of methoxy groups -OCH3 is 1. The fourth-order valence-corrected chi connectivity index (χ4v) is 4.29. The molecule has 1 aliphatic rings. The number of carbonyl (C=O) groups excluding carboxylic acids is 2. The molecule has 158 valence electrons. The van der Waals surface area contributed by atoms with Crippen LogP contribution < -0.4 is 21.1 Å². The Morgan fingerprint density at radius 2 is 2.00 bits per heavy atom. The summed E-state index contributed by atoms with van der Waals surface area (Å²) in [5.74, 6) is -0.994. The zero-order chi connectivity index (χ0) is 22.5. The van der Waals surface area contributed by atoms with E-state index in [9.17, 15) is 25.0 Å². The lowest BCUT2D eigenvalue weighted by molar-refractivity contribution is -0.384. The van der Waals surface area contributed by atoms with Crippen molar-refractivity contribution in [3.8, 4) is 11.8 Å². The normalized spacial score (nSPS) is 17.5. The predicted octanol–water partition coefficient (Wildman–Crippen LogP) is 2.84. The number of anilines is 1. The molecule has 1 aliphatic heterocycles. The van der Waals surface area contributed by atoms with E-state index in [-0.39, 0.29) is 16.3 Å². The molecule has 2 aromatic rings. The average molecular weight is 439 g/mol. The Kier molecular flexibility index (Phi) is 6.42. The largest absolute Gasteiger partial charge is 0.497 e. The molecule has 31 heavy (non-hydrogen) atoms. The fraction of sp³-hybridized carbons (Fsp3) is 0.150. The lowest BCUT2D eigenvalue weighted by atomic mass is 9.88. The van der Waals surface area contributed by atoms with Gasteiger partial charge in [-0.25, -0.2) is 4.79 Å². The number of nitrogens with two attached hydrogens (primary N) is 1. The van der Waals surface area contributed by atoms with E-state index in [2.05, 4.69) is 10.6 Å². The second-order valence-electron chi connectivity index (χ2n) is 6.43. The zero-order valence-electron chi connectivity index (χ0n) is 16.2. The molecule has 0 spiro atoms. The Morgan fingerprint density at radius 1 is 1.26 bits per heavy atom. The van der Waals surface area contributed by atoms with Crippen molar-refractivity contribution in [3.05, 3.63) is 74.8 Å². The van der Waals surface area contributed by atoms with Crippen LogP contribution in [-0.4, -0.2) is 29.2 Å². The first-order chi connectivity index (χ1) is 14.8. The number of hydrogen-bond donors (Lipinski definition) is 3. The van der Waals surface area contributed by atoms with E-state index in [1.165, 1.54) is 25.3 Å². The lowest BCUT2D eigenvalue weighted by Gasteiger charge is -2.19. The van der Waals surface area contributed by atoms with Gasteiger partial charge in [-0.2, -0.15) is 5.26 Å². The molecule has 3 rings (SSSR count). The summed E-state index contributed by atoms with van der Waals surface area (Å²) in [7, 11) is 1.48. The predicted molar refractivity (Wildman–Crippen MR) is 114 cm³/mol. The van der Waals surface area contributed by atoms with Crippen molar-refractivity contribution in [2.75, 3.05) is 12.4 Å². The third kappa shape index (κ3) is 4.76. The monoisotopic (exact) mass is 439 g/mol. The van der Waals surface area contributed by atoms with Crippen LogP contribution in [0.4, 0.5) is 16.2 Å². The summed E-state index contributed by atoms with van der Waals surface area (Å²) in [6.07, 6.45) is 0. The van der Waals surface area contributed by atoms with E-state index in [0.29, 0.717) is 17.0 Å². The van der Waals surface area contributed by atoms with Gasteiger partial charge in [-0.3, -0.25) is 20.2 Å². The minimum absolute atomic E-state index is 0.124. The maximum Gasteiger partial charge on any atom is 0.325 e. The molecule has 3 amide bonds. The zero-order valence-corrected chi connectivity index (χ0v) is 17.0. The van der Waals surface area contributed by atoms with Crippen molar-refractivity contribution in [1.29, 1.82) is 5.26 Å². The third-order valence-electron chi connectivity index (χ3n) is 4.52. The van der Waals surface area contributed by atoms with Crippen LogP contribution in [0, 0.1) is 21.4 Å². The van der Waals surface area contributed by atoms with Crippen LogP contribution in [0.15, 0.2) is 59.1 Å². The number of nitrogens with zero attached hydrogens (tertiary/aromatic N) is 2. The van der Waals surface area contributed by atoms with Crippen LogP contribution in [0.25, 0.3) is 0 Å². The quantitative estimate of drug-likeness (QED) is 0.473. The minimum Gasteiger partial charge on any atom is -0.497 e. The lowest BCUT2D eigenvalue weighted by Crippen LogP contribution is -2.41. The van der Waals surface area contributed by atoms with Crippen molar-refractivity contribution in [3.63, 3.8) is 0 Å². The van der Waals surface area contributed by atoms with E-state index < -0.39 is 28.0 Å². The minimum atomic E-state index is -0.951. The number of urea groups is 1. The molecule has 0 bridgehead atoms. The summed E-state index contributed by atoms with van der Waals surface area (Å²) in [5.41, 5.74) is 6.66. The molecule has 0 fully saturated rings. The van der Waals surface area contributed by atoms with Gasteiger partial charge >= 0.3 is 6.03 Å². The number of allylic oxidation sites excluding steroid dienone is 1. The SMILES string of the molecule is COc1cccc(NC(=O)NC(=O)C2SC(N)=C(C#N)C2c2cccc([N+](=O)[O-])c2)c1. The number of nitro groups is 1. The summed E-state index contributed by atoms with van der Waals surface area (Å²) in [6, 6.07) is 13.4. The number of nitro benzene ring substituents is 1. The number of imide groups is 1. The number of ether oxygens (including phenoxy) is 1. The van der Waals surface area contributed by atoms with E-state index in [1.807, 2.05) is 6.07 Å². The van der Waals surface area contributed by atoms with Crippen LogP contribution in [-0.2, 0) is 4.79 Å². The van der Waals surface area contributed by atoms with E-state index >= 15 is 0 Å². The van der Waals surface area contributed by atoms with Crippen molar-refractivity contribution >= 4 is 35.1 Å². The topological polar surface area (TPSA) is 160 Å². The van der Waals surface area contributed by atoms with Crippen molar-refractivity contribution in [2.45, 2.75) is 11.2 Å². The molecular weight excluding hydrogens is 422 g/mol. The van der Waals surface area contributed by atoms with Gasteiger partial charge in [-0.05, 0) is 17.7 Å². The molecule has 0 saturated heterocycles. The number of rotatable bonds is 5. The van der Waals surface area contributed by atoms with Gasteiger partial charge in [0.1, 0.15) is 11.0 Å². The van der Waals surface area contributed by atoms with Gasteiger partial charge in [0.2, 0.25) is 5.91 Å². The standard InChI is InChI=1S/C20H17N5O5S/c1-30-14-7-3-5-12(9-14)23-20(27)24-19(26)17-16(15(10-21)18(22)31-17)11-4-2-6-13(8-11)25(28)29/h2-9,16-17H,22H2,1H3,(H2,23,24,26,27). The summed E-state index contributed by atoms with van der Waals surface area (Å²) < 4.78 is 5.08. The second-order valence-corrected chi connectivity index (χ2v) is 7.62. The molecule has 0 radical (unpaired) electrons. The Morgan fingerprint density at radius 3 is 2.68 bits per heavy atom. The first-order valence-electron chi connectivity index (χ1n) is 8.90. The molecule has 2 aromatic carbocycles. The van der Waals surface area contributed by atoms with Gasteiger partial charge in [0.05, 0.1) is 28.7 Å². The number of benzene rings is 2. The molecular formula is C20H17N5O5S. The number of non-ortho nitro benzene ring substituents is 1. The number of hydrogen-bond acceptors (Lipinski definition) is 8. The highest BCUT2D eigenvalue weighted by molar-refractivity contribution is 8.04. The second kappa shape index (κ2) is 9.19. The molecule has 0 aliphatic carbocycles. The van der Waals surface area contributed by atoms with Crippen LogP contribution in [0.3, 0.4) is 0 Å². The number of carbonyl (C=O) groups is 2. The van der Waals surface area contributed by atoms with Gasteiger partial charge in [-0.1, -0.05) is 30.0 Å². The Bertz CT molecular complexity index is 1130. The summed E-state index contributed by atoms with van der Waals surface area (Å²) >= 11 is 0.931. The Balaban J connectivity index is 1.80. The van der Waals surface area contributed by atoms with Crippen LogP contribution in [0.5, 0.6) is 5.75 Å². The molecule has 2 atom stereocenters. The molecule has 11 heteroatoms. The molecule has 10 nitrogen and oxygen atoms in total. The average Bonchev–Trinajstić information content (AvgIpc) is 3.10. The molecule has 1 heterocycles. The van der Waals surface area contributed by atoms with Crippen molar-refractivity contribution in [2.24, 2.45) is 5.73 Å². The number of nitriles is 1. The highest BCUT2D eigenvalue weighted by Gasteiger charge is 2.41. The van der Waals surface area contributed by atoms with E-state index in [4.69, 9.17) is 10.5 Å². The molecule has 2 unspecified atom stereocenters. The number of amides is 3. The Hall–Kier alpha value is -4.04. The van der Waals surface area contributed by atoms with Crippen molar-refractivity contribution in [1.82, 2.24) is 5.32 Å². The third-order valence-corrected chi connectivity index (χ3v) is 5.73. The first kappa shape index (κ1) is 21.7. The maximum absolute atomic E-state index is 12.8. The molecule has 0 aromatic heterocycles. The summed E-state index contributed by atoms with van der Waals surface area (Å²) in [6.45, 7) is 0. The fourth-order valence-electron chi connectivity index (χ4n) is 3.12. The smallest absolute Gasteiger partial charge is 0.325 e. The van der Waals surface area contributed by atoms with Crippen LogP contribution in [0.2, 0.25) is 0 Å². The number of thioether (sulfide) groups is 1. The van der Waals surface area contributed by atoms with Crippen molar-refractivity contribution < 1.29 is 19.2 Å². The van der Waals surface area contributed by atoms with Gasteiger partial charge < -0.3 is 15.8 Å². The summed E-state index contributed by atoms with van der Waals surface area (Å²) in [5, 5.41) is 24.6. The maximum atomic E-state index is 12.8. The van der Waals surface area contributed by atoms with Crippen LogP contribution >= 0.6 is 11.8 Å². The van der Waals surface area contributed by atoms with E-state index in [1.54, 1.807) is 30.3 Å². The highest BCUT2D eigenvalue weighted by Crippen LogP contribution is 2.46. The molecule has 0 saturated carbocycles. The summed E-state index contributed by atoms with van der Waals surface area (Å²) in [4.78, 5) is 35.7. The van der Waals surface area contributed by atoms with Gasteiger partial charge in [-0.15, -0.1) is 0 Å². The first-order valence-corrected chi connectivity index (χ1v) is 9.78. The van der Waals surface area contributed by atoms with Gasteiger partial charge in [0.15, 0.2) is 0 Å². The number of nitrogens with one attached hydrogen (secondary N) is 2. The van der Waals surface area contributed by atoms with Gasteiger partial charge in [0.25, 0.3) is 5.69 Å². The van der Waals surface area contributed by atoms with Gasteiger partial charge in [0, 0.05) is 29.8 Å². The highest BCUT2D eigenvalue weighted by atomic mass is 32.2.